The maximum Gasteiger partial charge on any atom is 0.0254 e. The highest BCUT2D eigenvalue weighted by molar-refractivity contribution is 5.16. The van der Waals surface area contributed by atoms with Crippen molar-refractivity contribution in [3.8, 4) is 0 Å². The van der Waals surface area contributed by atoms with Gasteiger partial charge in [-0.2, -0.15) is 0 Å². The van der Waals surface area contributed by atoms with Crippen LogP contribution in [0.3, 0.4) is 0 Å². The zero-order valence-electron chi connectivity index (χ0n) is 9.89. The van der Waals surface area contributed by atoms with Crippen molar-refractivity contribution in [2.45, 2.75) is 44.4 Å². The van der Waals surface area contributed by atoms with Crippen molar-refractivity contribution in [3.05, 3.63) is 35.9 Å². The highest BCUT2D eigenvalue weighted by Gasteiger charge is 2.39. The molecule has 2 aliphatic rings. The van der Waals surface area contributed by atoms with E-state index in [9.17, 15) is 0 Å². The van der Waals surface area contributed by atoms with Gasteiger partial charge in [-0.25, -0.2) is 0 Å². The largest absolute Gasteiger partial charge is 0.311 e. The first-order valence-electron chi connectivity index (χ1n) is 6.37. The topological polar surface area (TPSA) is 15.3 Å². The van der Waals surface area contributed by atoms with E-state index in [1.807, 2.05) is 0 Å². The molecule has 2 bridgehead atoms. The van der Waals surface area contributed by atoms with Gasteiger partial charge < -0.3 is 5.32 Å². The summed E-state index contributed by atoms with van der Waals surface area (Å²) in [5, 5.41) is 3.62. The Hall–Kier alpha value is -0.860. The van der Waals surface area contributed by atoms with E-state index in [-0.39, 0.29) is 0 Å². The third-order valence-electron chi connectivity index (χ3n) is 4.15. The van der Waals surface area contributed by atoms with Crippen molar-refractivity contribution in [1.29, 1.82) is 0 Å². The zero-order chi connectivity index (χ0) is 11.0. The molecule has 0 amide bonds. The molecule has 1 aromatic rings. The summed E-state index contributed by atoms with van der Waals surface area (Å²) in [5.74, 6) is 0. The van der Waals surface area contributed by atoms with Crippen LogP contribution in [0.25, 0.3) is 0 Å². The minimum Gasteiger partial charge on any atom is -0.311 e. The fourth-order valence-electron chi connectivity index (χ4n) is 3.22. The molecular weight excluding hydrogens is 196 g/mol. The van der Waals surface area contributed by atoms with Crippen LogP contribution >= 0.6 is 0 Å². The number of hydrogen-bond acceptors (Lipinski definition) is 2. The van der Waals surface area contributed by atoms with Gasteiger partial charge in [0.25, 0.3) is 0 Å². The summed E-state index contributed by atoms with van der Waals surface area (Å²) in [4.78, 5) is 2.70. The zero-order valence-corrected chi connectivity index (χ0v) is 9.89. The Morgan fingerprint density at radius 3 is 2.88 bits per heavy atom. The van der Waals surface area contributed by atoms with E-state index >= 15 is 0 Å². The molecule has 2 aliphatic heterocycles. The van der Waals surface area contributed by atoms with E-state index < -0.39 is 0 Å². The van der Waals surface area contributed by atoms with Gasteiger partial charge in [-0.1, -0.05) is 30.3 Å². The van der Waals surface area contributed by atoms with Crippen LogP contribution in [0.1, 0.15) is 25.3 Å². The summed E-state index contributed by atoms with van der Waals surface area (Å²) in [6.07, 6.45) is 2.74. The highest BCUT2D eigenvalue weighted by atomic mass is 15.3. The van der Waals surface area contributed by atoms with Crippen molar-refractivity contribution in [2.24, 2.45) is 0 Å². The normalized spacial score (nSPS) is 34.2. The molecule has 2 nitrogen and oxygen atoms in total. The van der Waals surface area contributed by atoms with Gasteiger partial charge in [0, 0.05) is 31.2 Å². The fourth-order valence-corrected chi connectivity index (χ4v) is 3.22. The molecule has 3 unspecified atom stereocenters. The first kappa shape index (κ1) is 10.3. The predicted molar refractivity (Wildman–Crippen MR) is 66.3 cm³/mol. The summed E-state index contributed by atoms with van der Waals surface area (Å²) in [7, 11) is 0. The third-order valence-corrected chi connectivity index (χ3v) is 4.15. The highest BCUT2D eigenvalue weighted by Crippen LogP contribution is 2.31. The van der Waals surface area contributed by atoms with Crippen LogP contribution in [-0.2, 0) is 6.54 Å². The summed E-state index contributed by atoms with van der Waals surface area (Å²) in [6, 6.07) is 13.0. The third kappa shape index (κ3) is 1.76. The number of nitrogens with one attached hydrogen (secondary N) is 1. The minimum atomic E-state index is 0.655. The van der Waals surface area contributed by atoms with Crippen LogP contribution in [0.4, 0.5) is 0 Å². The summed E-state index contributed by atoms with van der Waals surface area (Å²) >= 11 is 0. The number of hydrogen-bond donors (Lipinski definition) is 1. The Morgan fingerprint density at radius 2 is 2.06 bits per heavy atom. The van der Waals surface area contributed by atoms with Gasteiger partial charge in [0.15, 0.2) is 0 Å². The first-order valence-corrected chi connectivity index (χ1v) is 6.37. The van der Waals surface area contributed by atoms with Gasteiger partial charge in [0.05, 0.1) is 0 Å². The Bertz CT molecular complexity index is 349. The quantitative estimate of drug-likeness (QED) is 0.813. The first-order chi connectivity index (χ1) is 7.84. The number of benzene rings is 1. The second-order valence-electron chi connectivity index (χ2n) is 5.15. The number of fused-ring (bicyclic) bond motifs is 2. The van der Waals surface area contributed by atoms with Crippen LogP contribution in [0.2, 0.25) is 0 Å². The minimum absolute atomic E-state index is 0.655. The van der Waals surface area contributed by atoms with E-state index in [1.54, 1.807) is 0 Å². The number of piperazine rings is 1. The summed E-state index contributed by atoms with van der Waals surface area (Å²) in [5.41, 5.74) is 1.45. The van der Waals surface area contributed by atoms with Gasteiger partial charge >= 0.3 is 0 Å². The van der Waals surface area contributed by atoms with Crippen molar-refractivity contribution in [2.75, 3.05) is 6.54 Å². The number of nitrogens with zero attached hydrogens (tertiary/aromatic N) is 1. The van der Waals surface area contributed by atoms with Crippen LogP contribution < -0.4 is 5.32 Å². The lowest BCUT2D eigenvalue weighted by atomic mass is 10.1. The van der Waals surface area contributed by atoms with Crippen molar-refractivity contribution in [3.63, 3.8) is 0 Å². The lowest BCUT2D eigenvalue weighted by molar-refractivity contribution is 0.114. The lowest BCUT2D eigenvalue weighted by Crippen LogP contribution is -2.56. The number of rotatable bonds is 2. The lowest BCUT2D eigenvalue weighted by Gasteiger charge is -2.39. The van der Waals surface area contributed by atoms with Crippen LogP contribution in [0, 0.1) is 0 Å². The molecule has 3 atom stereocenters. The van der Waals surface area contributed by atoms with Gasteiger partial charge in [0.2, 0.25) is 0 Å². The van der Waals surface area contributed by atoms with E-state index in [2.05, 4.69) is 47.5 Å². The van der Waals surface area contributed by atoms with E-state index in [4.69, 9.17) is 0 Å². The van der Waals surface area contributed by atoms with E-state index in [1.165, 1.54) is 24.9 Å². The molecule has 86 valence electrons. The molecular formula is C14H20N2. The Balaban J connectivity index is 1.76. The molecule has 0 aromatic heterocycles. The SMILES string of the molecule is CC1NCC2CCC1N2Cc1ccccc1. The van der Waals surface area contributed by atoms with Crippen molar-refractivity contribution in [1.82, 2.24) is 10.2 Å². The van der Waals surface area contributed by atoms with Crippen molar-refractivity contribution >= 4 is 0 Å². The average Bonchev–Trinajstić information content (AvgIpc) is 2.60. The molecule has 2 heteroatoms. The molecule has 2 heterocycles. The Kier molecular flexibility index (Phi) is 2.70. The van der Waals surface area contributed by atoms with E-state index in [0.717, 1.165) is 18.6 Å². The van der Waals surface area contributed by atoms with Crippen molar-refractivity contribution < 1.29 is 0 Å². The average molecular weight is 216 g/mol. The molecule has 1 N–H and O–H groups in total. The summed E-state index contributed by atoms with van der Waals surface area (Å²) in [6.45, 7) is 4.62. The molecule has 16 heavy (non-hydrogen) atoms. The van der Waals surface area contributed by atoms with Crippen LogP contribution in [0.15, 0.2) is 30.3 Å². The second-order valence-corrected chi connectivity index (χ2v) is 5.15. The van der Waals surface area contributed by atoms with Crippen LogP contribution in [-0.4, -0.2) is 29.6 Å². The van der Waals surface area contributed by atoms with Gasteiger partial charge in [0.1, 0.15) is 0 Å². The fraction of sp³-hybridized carbons (Fsp3) is 0.571. The van der Waals surface area contributed by atoms with E-state index in [0.29, 0.717) is 6.04 Å². The molecule has 3 rings (SSSR count). The molecule has 0 spiro atoms. The Labute approximate surface area is 97.6 Å². The molecule has 0 saturated carbocycles. The van der Waals surface area contributed by atoms with Crippen LogP contribution in [0.5, 0.6) is 0 Å². The van der Waals surface area contributed by atoms with Gasteiger partial charge in [-0.3, -0.25) is 4.90 Å². The maximum atomic E-state index is 3.62. The molecule has 2 saturated heterocycles. The predicted octanol–water partition coefficient (Wildman–Crippen LogP) is 2.01. The summed E-state index contributed by atoms with van der Waals surface area (Å²) < 4.78 is 0. The van der Waals surface area contributed by atoms with Gasteiger partial charge in [-0.05, 0) is 25.3 Å². The molecule has 2 fully saturated rings. The smallest absolute Gasteiger partial charge is 0.0254 e. The molecule has 0 aliphatic carbocycles. The Morgan fingerprint density at radius 1 is 1.25 bits per heavy atom. The molecule has 1 aromatic carbocycles. The standard InChI is InChI=1S/C14H20N2/c1-11-14-8-7-13(9-15-11)16(14)10-12-5-3-2-4-6-12/h2-6,11,13-15H,7-10H2,1H3. The second kappa shape index (κ2) is 4.19. The molecule has 0 radical (unpaired) electrons. The van der Waals surface area contributed by atoms with Gasteiger partial charge in [-0.15, -0.1) is 0 Å². The maximum absolute atomic E-state index is 3.62. The monoisotopic (exact) mass is 216 g/mol.